The van der Waals surface area contributed by atoms with Gasteiger partial charge in [0.05, 0.1) is 5.69 Å². The monoisotopic (exact) mass is 257 g/mol. The normalized spacial score (nSPS) is 10.8. The Kier molecular flexibility index (Phi) is 4.04. The Morgan fingerprint density at radius 3 is 2.42 bits per heavy atom. The smallest absolute Gasteiger partial charge is 0.133 e. The van der Waals surface area contributed by atoms with Crippen LogP contribution in [0.25, 0.3) is 11.3 Å². The molecule has 0 aliphatic carbocycles. The lowest BCUT2D eigenvalue weighted by Gasteiger charge is -2.14. The molecule has 0 fully saturated rings. The molecule has 5 nitrogen and oxygen atoms in total. The summed E-state index contributed by atoms with van der Waals surface area (Å²) >= 11 is 0. The molecule has 0 spiro atoms. The van der Waals surface area contributed by atoms with Crippen LogP contribution in [0.3, 0.4) is 0 Å². The first-order chi connectivity index (χ1) is 9.13. The molecule has 1 N–H and O–H groups in total. The number of aromatic nitrogens is 4. The van der Waals surface area contributed by atoms with Crippen molar-refractivity contribution in [2.45, 2.75) is 33.6 Å². The van der Waals surface area contributed by atoms with Crippen LogP contribution in [-0.2, 0) is 0 Å². The van der Waals surface area contributed by atoms with Gasteiger partial charge in [0.25, 0.3) is 0 Å². The Hall–Kier alpha value is -2.04. The van der Waals surface area contributed by atoms with E-state index in [2.05, 4.69) is 46.0 Å². The van der Waals surface area contributed by atoms with Gasteiger partial charge in [-0.15, -0.1) is 0 Å². The number of nitrogens with one attached hydrogen (secondary N) is 1. The summed E-state index contributed by atoms with van der Waals surface area (Å²) in [4.78, 5) is 17.4. The highest BCUT2D eigenvalue weighted by molar-refractivity contribution is 5.66. The third kappa shape index (κ3) is 2.86. The van der Waals surface area contributed by atoms with Crippen LogP contribution in [0.4, 0.5) is 5.82 Å². The average Bonchev–Trinajstić information content (AvgIpc) is 2.42. The van der Waals surface area contributed by atoms with Gasteiger partial charge in [-0.3, -0.25) is 0 Å². The molecule has 0 aliphatic heterocycles. The van der Waals surface area contributed by atoms with E-state index in [1.807, 2.05) is 6.92 Å². The standard InChI is InChI=1S/C14H19N5/c1-5-17-14-10(4)12(11-6-15-8-16-7-11)18-13(19-14)9(2)3/h6-9H,5H2,1-4H3,(H,17,18,19). The Morgan fingerprint density at radius 2 is 1.84 bits per heavy atom. The van der Waals surface area contributed by atoms with E-state index in [1.54, 1.807) is 12.4 Å². The molecule has 5 heteroatoms. The van der Waals surface area contributed by atoms with Crippen molar-refractivity contribution in [2.24, 2.45) is 0 Å². The molecule has 0 unspecified atom stereocenters. The second-order valence-corrected chi connectivity index (χ2v) is 4.72. The second kappa shape index (κ2) is 5.73. The van der Waals surface area contributed by atoms with E-state index < -0.39 is 0 Å². The number of hydrogen-bond donors (Lipinski definition) is 1. The fourth-order valence-corrected chi connectivity index (χ4v) is 1.83. The van der Waals surface area contributed by atoms with Gasteiger partial charge in [0, 0.05) is 36.0 Å². The van der Waals surface area contributed by atoms with Crippen molar-refractivity contribution in [2.75, 3.05) is 11.9 Å². The van der Waals surface area contributed by atoms with Crippen LogP contribution in [0, 0.1) is 6.92 Å². The molecule has 19 heavy (non-hydrogen) atoms. The fraction of sp³-hybridized carbons (Fsp3) is 0.429. The van der Waals surface area contributed by atoms with E-state index >= 15 is 0 Å². The predicted molar refractivity (Wildman–Crippen MR) is 76.0 cm³/mol. The minimum atomic E-state index is 0.279. The van der Waals surface area contributed by atoms with Crippen LogP contribution >= 0.6 is 0 Å². The summed E-state index contributed by atoms with van der Waals surface area (Å²) in [5.41, 5.74) is 2.85. The highest BCUT2D eigenvalue weighted by Crippen LogP contribution is 2.26. The quantitative estimate of drug-likeness (QED) is 0.912. The fourth-order valence-electron chi connectivity index (χ4n) is 1.83. The lowest BCUT2D eigenvalue weighted by Crippen LogP contribution is -2.09. The van der Waals surface area contributed by atoms with E-state index in [0.717, 1.165) is 35.0 Å². The molecule has 0 radical (unpaired) electrons. The van der Waals surface area contributed by atoms with E-state index in [4.69, 9.17) is 0 Å². The van der Waals surface area contributed by atoms with Crippen LogP contribution in [-0.4, -0.2) is 26.5 Å². The van der Waals surface area contributed by atoms with Gasteiger partial charge < -0.3 is 5.32 Å². The average molecular weight is 257 g/mol. The molecule has 0 amide bonds. The van der Waals surface area contributed by atoms with E-state index in [0.29, 0.717) is 0 Å². The Morgan fingerprint density at radius 1 is 1.16 bits per heavy atom. The molecular formula is C14H19N5. The molecule has 0 atom stereocenters. The highest BCUT2D eigenvalue weighted by Gasteiger charge is 2.14. The lowest BCUT2D eigenvalue weighted by molar-refractivity contribution is 0.774. The van der Waals surface area contributed by atoms with Crippen molar-refractivity contribution in [3.63, 3.8) is 0 Å². The van der Waals surface area contributed by atoms with Crippen LogP contribution < -0.4 is 5.32 Å². The topological polar surface area (TPSA) is 63.6 Å². The minimum Gasteiger partial charge on any atom is -0.370 e. The van der Waals surface area contributed by atoms with Gasteiger partial charge in [0.1, 0.15) is 18.0 Å². The molecule has 0 aliphatic rings. The maximum Gasteiger partial charge on any atom is 0.133 e. The molecule has 0 aromatic carbocycles. The van der Waals surface area contributed by atoms with Crippen molar-refractivity contribution >= 4 is 5.82 Å². The zero-order valence-corrected chi connectivity index (χ0v) is 11.8. The molecule has 0 saturated carbocycles. The Balaban J connectivity index is 2.59. The van der Waals surface area contributed by atoms with E-state index in [9.17, 15) is 0 Å². The van der Waals surface area contributed by atoms with Crippen molar-refractivity contribution in [1.82, 2.24) is 19.9 Å². The van der Waals surface area contributed by atoms with Gasteiger partial charge in [0.2, 0.25) is 0 Å². The third-order valence-electron chi connectivity index (χ3n) is 2.86. The maximum absolute atomic E-state index is 4.65. The SMILES string of the molecule is CCNc1nc(C(C)C)nc(-c2cncnc2)c1C. The minimum absolute atomic E-state index is 0.279. The van der Waals surface area contributed by atoms with Gasteiger partial charge >= 0.3 is 0 Å². The van der Waals surface area contributed by atoms with E-state index in [1.165, 1.54) is 6.33 Å². The van der Waals surface area contributed by atoms with Crippen molar-refractivity contribution < 1.29 is 0 Å². The van der Waals surface area contributed by atoms with Crippen molar-refractivity contribution in [3.8, 4) is 11.3 Å². The summed E-state index contributed by atoms with van der Waals surface area (Å²) in [6, 6.07) is 0. The Labute approximate surface area is 113 Å². The maximum atomic E-state index is 4.65. The van der Waals surface area contributed by atoms with Gasteiger partial charge in [-0.1, -0.05) is 13.8 Å². The third-order valence-corrected chi connectivity index (χ3v) is 2.86. The van der Waals surface area contributed by atoms with Crippen LogP contribution in [0.5, 0.6) is 0 Å². The van der Waals surface area contributed by atoms with Crippen molar-refractivity contribution in [3.05, 3.63) is 30.1 Å². The summed E-state index contributed by atoms with van der Waals surface area (Å²) < 4.78 is 0. The molecule has 2 aromatic rings. The van der Waals surface area contributed by atoms with Gasteiger partial charge in [0.15, 0.2) is 0 Å². The first kappa shape index (κ1) is 13.4. The first-order valence-corrected chi connectivity index (χ1v) is 6.51. The number of nitrogens with zero attached hydrogens (tertiary/aromatic N) is 4. The molecule has 2 rings (SSSR count). The molecule has 100 valence electrons. The van der Waals surface area contributed by atoms with E-state index in [-0.39, 0.29) is 5.92 Å². The molecule has 0 bridgehead atoms. The van der Waals surface area contributed by atoms with Gasteiger partial charge in [-0.05, 0) is 13.8 Å². The van der Waals surface area contributed by atoms with Crippen LogP contribution in [0.15, 0.2) is 18.7 Å². The summed E-state index contributed by atoms with van der Waals surface area (Å²) in [6.45, 7) is 9.09. The van der Waals surface area contributed by atoms with Crippen LogP contribution in [0.2, 0.25) is 0 Å². The number of hydrogen-bond acceptors (Lipinski definition) is 5. The molecule has 2 heterocycles. The largest absolute Gasteiger partial charge is 0.370 e. The summed E-state index contributed by atoms with van der Waals surface area (Å²) in [5.74, 6) is 2.00. The second-order valence-electron chi connectivity index (χ2n) is 4.72. The Bertz CT molecular complexity index is 551. The number of rotatable bonds is 4. The summed E-state index contributed by atoms with van der Waals surface area (Å²) in [7, 11) is 0. The molecular weight excluding hydrogens is 238 g/mol. The molecule has 0 saturated heterocycles. The predicted octanol–water partition coefficient (Wildman–Crippen LogP) is 2.80. The summed E-state index contributed by atoms with van der Waals surface area (Å²) in [5, 5.41) is 3.29. The molecule has 2 aromatic heterocycles. The highest BCUT2D eigenvalue weighted by atomic mass is 15.0. The zero-order chi connectivity index (χ0) is 13.8. The zero-order valence-electron chi connectivity index (χ0n) is 11.8. The van der Waals surface area contributed by atoms with Crippen molar-refractivity contribution in [1.29, 1.82) is 0 Å². The van der Waals surface area contributed by atoms with Gasteiger partial charge in [-0.25, -0.2) is 19.9 Å². The number of anilines is 1. The van der Waals surface area contributed by atoms with Gasteiger partial charge in [-0.2, -0.15) is 0 Å². The van der Waals surface area contributed by atoms with Crippen LogP contribution in [0.1, 0.15) is 38.1 Å². The summed E-state index contributed by atoms with van der Waals surface area (Å²) in [6.07, 6.45) is 5.08. The lowest BCUT2D eigenvalue weighted by atomic mass is 10.1. The first-order valence-electron chi connectivity index (χ1n) is 6.51.